The minimum absolute atomic E-state index is 0.476. The number of nitrogens with zero attached hydrogens (tertiary/aromatic N) is 5. The van der Waals surface area contributed by atoms with Crippen LogP contribution < -0.4 is 5.32 Å². The number of hydrogen-bond acceptors (Lipinski definition) is 6. The van der Waals surface area contributed by atoms with Crippen LogP contribution in [-0.4, -0.2) is 38.7 Å². The van der Waals surface area contributed by atoms with Crippen LogP contribution in [-0.2, 0) is 11.3 Å². The standard InChI is InChI=1S/C11H16N6O/c1-8-9(2)15-16-11(13-8)14-10-6-12-17(7-10)4-5-18-3/h6-7H,4-5H2,1-3H3,(H,13,14,16). The van der Waals surface area contributed by atoms with Crippen LogP contribution in [0.3, 0.4) is 0 Å². The van der Waals surface area contributed by atoms with E-state index in [0.717, 1.165) is 17.1 Å². The lowest BCUT2D eigenvalue weighted by molar-refractivity contribution is 0.183. The lowest BCUT2D eigenvalue weighted by Gasteiger charge is -2.02. The van der Waals surface area contributed by atoms with Crippen LogP contribution in [0.15, 0.2) is 12.4 Å². The molecule has 0 aliphatic rings. The summed E-state index contributed by atoms with van der Waals surface area (Å²) in [6.45, 7) is 5.12. The highest BCUT2D eigenvalue weighted by Gasteiger charge is 2.03. The van der Waals surface area contributed by atoms with Crippen LogP contribution >= 0.6 is 0 Å². The van der Waals surface area contributed by atoms with E-state index in [-0.39, 0.29) is 0 Å². The van der Waals surface area contributed by atoms with Crippen molar-refractivity contribution in [1.29, 1.82) is 0 Å². The van der Waals surface area contributed by atoms with Gasteiger partial charge in [-0.15, -0.1) is 5.10 Å². The van der Waals surface area contributed by atoms with E-state index in [1.54, 1.807) is 18.0 Å². The molecule has 0 saturated heterocycles. The Kier molecular flexibility index (Phi) is 3.83. The first-order valence-corrected chi connectivity index (χ1v) is 5.65. The second-order valence-electron chi connectivity index (χ2n) is 3.92. The van der Waals surface area contributed by atoms with Gasteiger partial charge in [0.1, 0.15) is 0 Å². The smallest absolute Gasteiger partial charge is 0.247 e. The Hall–Kier alpha value is -2.02. The molecule has 7 nitrogen and oxygen atoms in total. The Morgan fingerprint density at radius 3 is 2.83 bits per heavy atom. The third-order valence-corrected chi connectivity index (χ3v) is 2.51. The van der Waals surface area contributed by atoms with Gasteiger partial charge in [0.15, 0.2) is 0 Å². The van der Waals surface area contributed by atoms with Crippen LogP contribution in [0, 0.1) is 13.8 Å². The predicted octanol–water partition coefficient (Wildman–Crippen LogP) is 1.07. The number of hydrogen-bond donors (Lipinski definition) is 1. The van der Waals surface area contributed by atoms with Gasteiger partial charge in [-0.1, -0.05) is 0 Å². The summed E-state index contributed by atoms with van der Waals surface area (Å²) in [6.07, 6.45) is 3.59. The summed E-state index contributed by atoms with van der Waals surface area (Å²) in [5, 5.41) is 15.2. The Balaban J connectivity index is 2.04. The molecule has 0 aromatic carbocycles. The van der Waals surface area contributed by atoms with Crippen molar-refractivity contribution in [1.82, 2.24) is 25.0 Å². The largest absolute Gasteiger partial charge is 0.383 e. The lowest BCUT2D eigenvalue weighted by Crippen LogP contribution is -2.04. The van der Waals surface area contributed by atoms with E-state index in [0.29, 0.717) is 19.1 Å². The fourth-order valence-corrected chi connectivity index (χ4v) is 1.37. The molecule has 0 saturated carbocycles. The number of methoxy groups -OCH3 is 1. The topological polar surface area (TPSA) is 77.8 Å². The molecule has 96 valence electrons. The third kappa shape index (κ3) is 3.01. The molecule has 0 atom stereocenters. The molecule has 0 spiro atoms. The number of ether oxygens (including phenoxy) is 1. The highest BCUT2D eigenvalue weighted by molar-refractivity contribution is 5.49. The molecule has 0 bridgehead atoms. The molecular formula is C11H16N6O. The van der Waals surface area contributed by atoms with Crippen LogP contribution in [0.4, 0.5) is 11.6 Å². The average Bonchev–Trinajstić information content (AvgIpc) is 2.79. The van der Waals surface area contributed by atoms with Crippen LogP contribution in [0.1, 0.15) is 11.4 Å². The Morgan fingerprint density at radius 1 is 1.28 bits per heavy atom. The second-order valence-corrected chi connectivity index (χ2v) is 3.92. The van der Waals surface area contributed by atoms with Crippen molar-refractivity contribution in [3.63, 3.8) is 0 Å². The zero-order valence-electron chi connectivity index (χ0n) is 10.7. The number of anilines is 2. The number of nitrogens with one attached hydrogen (secondary N) is 1. The van der Waals surface area contributed by atoms with Crippen LogP contribution in [0.2, 0.25) is 0 Å². The maximum Gasteiger partial charge on any atom is 0.247 e. The maximum absolute atomic E-state index is 4.99. The van der Waals surface area contributed by atoms with E-state index in [1.165, 1.54) is 0 Å². The maximum atomic E-state index is 4.99. The van der Waals surface area contributed by atoms with Gasteiger partial charge in [0.2, 0.25) is 5.95 Å². The normalized spacial score (nSPS) is 10.6. The van der Waals surface area contributed by atoms with Crippen molar-refractivity contribution in [2.45, 2.75) is 20.4 Å². The summed E-state index contributed by atoms with van der Waals surface area (Å²) >= 11 is 0. The molecule has 2 aromatic rings. The van der Waals surface area contributed by atoms with E-state index < -0.39 is 0 Å². The second kappa shape index (κ2) is 5.54. The summed E-state index contributed by atoms with van der Waals surface area (Å²) in [7, 11) is 1.66. The zero-order valence-corrected chi connectivity index (χ0v) is 10.7. The summed E-state index contributed by atoms with van der Waals surface area (Å²) < 4.78 is 6.78. The SMILES string of the molecule is COCCn1cc(Nc2nnc(C)c(C)n2)cn1. The van der Waals surface area contributed by atoms with Crippen LogP contribution in [0.5, 0.6) is 0 Å². The first kappa shape index (κ1) is 12.4. The Bertz CT molecular complexity index is 524. The van der Waals surface area contributed by atoms with Crippen molar-refractivity contribution in [3.8, 4) is 0 Å². The summed E-state index contributed by atoms with van der Waals surface area (Å²) in [5.41, 5.74) is 2.52. The number of aromatic nitrogens is 5. The first-order valence-electron chi connectivity index (χ1n) is 5.65. The first-order chi connectivity index (χ1) is 8.69. The molecule has 0 amide bonds. The van der Waals surface area contributed by atoms with E-state index in [2.05, 4.69) is 25.6 Å². The van der Waals surface area contributed by atoms with Crippen molar-refractivity contribution in [3.05, 3.63) is 23.8 Å². The number of aryl methyl sites for hydroxylation is 2. The van der Waals surface area contributed by atoms with E-state index >= 15 is 0 Å². The summed E-state index contributed by atoms with van der Waals surface area (Å²) in [5.74, 6) is 0.476. The zero-order chi connectivity index (χ0) is 13.0. The van der Waals surface area contributed by atoms with Gasteiger partial charge in [-0.2, -0.15) is 10.2 Å². The Morgan fingerprint density at radius 2 is 2.11 bits per heavy atom. The lowest BCUT2D eigenvalue weighted by atomic mass is 10.4. The molecule has 0 fully saturated rings. The van der Waals surface area contributed by atoms with Gasteiger partial charge in [-0.05, 0) is 13.8 Å². The average molecular weight is 248 g/mol. The molecule has 2 heterocycles. The molecule has 0 unspecified atom stereocenters. The van der Waals surface area contributed by atoms with E-state index in [1.807, 2.05) is 20.0 Å². The molecule has 18 heavy (non-hydrogen) atoms. The molecule has 7 heteroatoms. The van der Waals surface area contributed by atoms with Gasteiger partial charge in [-0.3, -0.25) is 4.68 Å². The third-order valence-electron chi connectivity index (χ3n) is 2.51. The summed E-state index contributed by atoms with van der Waals surface area (Å²) in [6, 6.07) is 0. The molecule has 1 N–H and O–H groups in total. The highest BCUT2D eigenvalue weighted by Crippen LogP contribution is 2.11. The monoisotopic (exact) mass is 248 g/mol. The van der Waals surface area contributed by atoms with Crippen LogP contribution in [0.25, 0.3) is 0 Å². The van der Waals surface area contributed by atoms with E-state index in [9.17, 15) is 0 Å². The predicted molar refractivity (Wildman–Crippen MR) is 66.7 cm³/mol. The van der Waals surface area contributed by atoms with E-state index in [4.69, 9.17) is 4.74 Å². The minimum Gasteiger partial charge on any atom is -0.383 e. The van der Waals surface area contributed by atoms with Crippen molar-refractivity contribution in [2.24, 2.45) is 0 Å². The minimum atomic E-state index is 0.476. The number of rotatable bonds is 5. The molecular weight excluding hydrogens is 232 g/mol. The fourth-order valence-electron chi connectivity index (χ4n) is 1.37. The summed E-state index contributed by atoms with van der Waals surface area (Å²) in [4.78, 5) is 4.29. The van der Waals surface area contributed by atoms with Crippen molar-refractivity contribution in [2.75, 3.05) is 19.0 Å². The van der Waals surface area contributed by atoms with Gasteiger partial charge < -0.3 is 10.1 Å². The molecule has 0 aliphatic heterocycles. The quantitative estimate of drug-likeness (QED) is 0.853. The van der Waals surface area contributed by atoms with Crippen molar-refractivity contribution < 1.29 is 4.74 Å². The molecule has 0 aliphatic carbocycles. The van der Waals surface area contributed by atoms with Crippen molar-refractivity contribution >= 4 is 11.6 Å². The molecule has 2 rings (SSSR count). The fraction of sp³-hybridized carbons (Fsp3) is 0.455. The van der Waals surface area contributed by atoms with Gasteiger partial charge in [0, 0.05) is 13.3 Å². The van der Waals surface area contributed by atoms with Gasteiger partial charge in [-0.25, -0.2) is 4.98 Å². The molecule has 0 radical (unpaired) electrons. The highest BCUT2D eigenvalue weighted by atomic mass is 16.5. The van der Waals surface area contributed by atoms with Gasteiger partial charge in [0.25, 0.3) is 0 Å². The molecule has 2 aromatic heterocycles. The van der Waals surface area contributed by atoms with Gasteiger partial charge in [0.05, 0.1) is 36.4 Å². The Labute approximate surface area is 105 Å². The van der Waals surface area contributed by atoms with Gasteiger partial charge >= 0.3 is 0 Å².